The van der Waals surface area contributed by atoms with Gasteiger partial charge < -0.3 is 10.1 Å². The van der Waals surface area contributed by atoms with Gasteiger partial charge in [0.05, 0.1) is 0 Å². The van der Waals surface area contributed by atoms with Gasteiger partial charge in [-0.05, 0) is 18.6 Å². The van der Waals surface area contributed by atoms with Gasteiger partial charge in [0.15, 0.2) is 5.54 Å². The van der Waals surface area contributed by atoms with Crippen LogP contribution in [0.4, 0.5) is 4.79 Å². The number of imide groups is 1. The Kier molecular flexibility index (Phi) is 2.78. The number of ether oxygens (including phenoxy) is 1. The number of amides is 3. The summed E-state index contributed by atoms with van der Waals surface area (Å²) in [4.78, 5) is 25.7. The van der Waals surface area contributed by atoms with Crippen molar-refractivity contribution >= 4 is 27.9 Å². The number of carbonyl (C=O) groups excluding carboxylic acids is 2. The molecular formula is C13H13BrN2O3. The van der Waals surface area contributed by atoms with Crippen LogP contribution in [-0.2, 0) is 10.3 Å². The first-order chi connectivity index (χ1) is 9.08. The van der Waals surface area contributed by atoms with Crippen LogP contribution in [0.25, 0.3) is 0 Å². The van der Waals surface area contributed by atoms with Crippen molar-refractivity contribution in [3.05, 3.63) is 28.2 Å². The average Bonchev–Trinajstić information content (AvgIpc) is 2.84. The third-order valence-electron chi connectivity index (χ3n) is 3.47. The molecule has 100 valence electrons. The van der Waals surface area contributed by atoms with E-state index in [1.165, 1.54) is 4.90 Å². The van der Waals surface area contributed by atoms with E-state index in [-0.39, 0.29) is 18.5 Å². The molecule has 19 heavy (non-hydrogen) atoms. The SMILES string of the molecule is CCCN1C(=O)NC2(COc3cc(Br)ccc32)C1=O. The van der Waals surface area contributed by atoms with Gasteiger partial charge in [-0.1, -0.05) is 28.9 Å². The van der Waals surface area contributed by atoms with Gasteiger partial charge in [0.2, 0.25) is 0 Å². The largest absolute Gasteiger partial charge is 0.490 e. The molecule has 1 atom stereocenters. The number of urea groups is 1. The highest BCUT2D eigenvalue weighted by atomic mass is 79.9. The third-order valence-corrected chi connectivity index (χ3v) is 3.96. The minimum absolute atomic E-state index is 0.156. The molecule has 0 bridgehead atoms. The highest BCUT2D eigenvalue weighted by Gasteiger charge is 2.56. The Bertz CT molecular complexity index is 575. The van der Waals surface area contributed by atoms with Crippen LogP contribution < -0.4 is 10.1 Å². The molecule has 2 heterocycles. The summed E-state index contributed by atoms with van der Waals surface area (Å²) in [6.45, 7) is 2.52. The lowest BCUT2D eigenvalue weighted by Gasteiger charge is -2.19. The predicted molar refractivity (Wildman–Crippen MR) is 71.9 cm³/mol. The van der Waals surface area contributed by atoms with E-state index < -0.39 is 5.54 Å². The van der Waals surface area contributed by atoms with Gasteiger partial charge in [0.1, 0.15) is 12.4 Å². The van der Waals surface area contributed by atoms with Crippen molar-refractivity contribution in [3.8, 4) is 5.75 Å². The van der Waals surface area contributed by atoms with Crippen LogP contribution >= 0.6 is 15.9 Å². The van der Waals surface area contributed by atoms with Gasteiger partial charge in [0, 0.05) is 16.6 Å². The van der Waals surface area contributed by atoms with Crippen LogP contribution in [0.5, 0.6) is 5.75 Å². The molecule has 1 aromatic carbocycles. The Hall–Kier alpha value is -1.56. The van der Waals surface area contributed by atoms with Crippen LogP contribution in [0.15, 0.2) is 22.7 Å². The number of nitrogens with zero attached hydrogens (tertiary/aromatic N) is 1. The van der Waals surface area contributed by atoms with Crippen molar-refractivity contribution in [1.29, 1.82) is 0 Å². The van der Waals surface area contributed by atoms with Gasteiger partial charge in [-0.25, -0.2) is 4.79 Å². The molecule has 2 aliphatic rings. The highest BCUT2D eigenvalue weighted by molar-refractivity contribution is 9.10. The zero-order chi connectivity index (χ0) is 13.6. The molecule has 3 rings (SSSR count). The molecule has 3 amide bonds. The van der Waals surface area contributed by atoms with Crippen LogP contribution in [0.2, 0.25) is 0 Å². The number of fused-ring (bicyclic) bond motifs is 2. The monoisotopic (exact) mass is 324 g/mol. The van der Waals surface area contributed by atoms with E-state index in [1.54, 1.807) is 0 Å². The van der Waals surface area contributed by atoms with E-state index in [2.05, 4.69) is 21.2 Å². The number of carbonyl (C=O) groups is 2. The molecule has 6 heteroatoms. The molecule has 1 aromatic rings. The Morgan fingerprint density at radius 3 is 3.00 bits per heavy atom. The summed E-state index contributed by atoms with van der Waals surface area (Å²) in [6, 6.07) is 5.13. The molecule has 0 aliphatic carbocycles. The molecule has 1 saturated heterocycles. The molecular weight excluding hydrogens is 312 g/mol. The number of hydrogen-bond acceptors (Lipinski definition) is 3. The van der Waals surface area contributed by atoms with Crippen LogP contribution in [0.3, 0.4) is 0 Å². The lowest BCUT2D eigenvalue weighted by Crippen LogP contribution is -2.45. The highest BCUT2D eigenvalue weighted by Crippen LogP contribution is 2.42. The van der Waals surface area contributed by atoms with Crippen molar-refractivity contribution in [2.24, 2.45) is 0 Å². The third kappa shape index (κ3) is 1.66. The standard InChI is InChI=1S/C13H13BrN2O3/c1-2-5-16-11(17)13(15-12(16)18)7-19-10-6-8(14)3-4-9(10)13/h3-4,6H,2,5,7H2,1H3,(H,15,18). The van der Waals surface area contributed by atoms with E-state index in [0.717, 1.165) is 16.5 Å². The summed E-state index contributed by atoms with van der Waals surface area (Å²) < 4.78 is 6.45. The second-order valence-corrected chi connectivity index (χ2v) is 5.64. The smallest absolute Gasteiger partial charge is 0.325 e. The van der Waals surface area contributed by atoms with E-state index in [4.69, 9.17) is 4.74 Å². The van der Waals surface area contributed by atoms with Gasteiger partial charge in [-0.2, -0.15) is 0 Å². The number of halogens is 1. The number of benzene rings is 1. The van der Waals surface area contributed by atoms with E-state index >= 15 is 0 Å². The zero-order valence-corrected chi connectivity index (χ0v) is 12.0. The first-order valence-corrected chi connectivity index (χ1v) is 6.95. The second-order valence-electron chi connectivity index (χ2n) is 4.72. The summed E-state index contributed by atoms with van der Waals surface area (Å²) in [6.07, 6.45) is 0.739. The topological polar surface area (TPSA) is 58.6 Å². The summed E-state index contributed by atoms with van der Waals surface area (Å²) in [5, 5.41) is 2.79. The van der Waals surface area contributed by atoms with Crippen molar-refractivity contribution < 1.29 is 14.3 Å². The maximum Gasteiger partial charge on any atom is 0.325 e. The lowest BCUT2D eigenvalue weighted by atomic mass is 9.92. The molecule has 1 spiro atoms. The fourth-order valence-electron chi connectivity index (χ4n) is 2.57. The van der Waals surface area contributed by atoms with Gasteiger partial charge in [-0.3, -0.25) is 9.69 Å². The molecule has 1 fully saturated rings. The summed E-state index contributed by atoms with van der Waals surface area (Å²) in [5.41, 5.74) is -0.310. The summed E-state index contributed by atoms with van der Waals surface area (Å²) in [7, 11) is 0. The molecule has 2 aliphatic heterocycles. The zero-order valence-electron chi connectivity index (χ0n) is 10.4. The first-order valence-electron chi connectivity index (χ1n) is 6.15. The number of rotatable bonds is 2. The van der Waals surface area contributed by atoms with E-state index in [0.29, 0.717) is 12.3 Å². The van der Waals surface area contributed by atoms with Gasteiger partial charge in [-0.15, -0.1) is 0 Å². The van der Waals surface area contributed by atoms with Crippen molar-refractivity contribution in [3.63, 3.8) is 0 Å². The van der Waals surface area contributed by atoms with Crippen LogP contribution in [-0.4, -0.2) is 30.0 Å². The minimum atomic E-state index is -1.04. The van der Waals surface area contributed by atoms with Crippen LogP contribution in [0, 0.1) is 0 Å². The second kappa shape index (κ2) is 4.23. The molecule has 1 N–H and O–H groups in total. The Morgan fingerprint density at radius 2 is 2.26 bits per heavy atom. The maximum atomic E-state index is 12.5. The Balaban J connectivity index is 2.04. The maximum absolute atomic E-state index is 12.5. The fourth-order valence-corrected chi connectivity index (χ4v) is 2.91. The van der Waals surface area contributed by atoms with Gasteiger partial charge >= 0.3 is 6.03 Å². The molecule has 1 unspecified atom stereocenters. The van der Waals surface area contributed by atoms with E-state index in [9.17, 15) is 9.59 Å². The fraction of sp³-hybridized carbons (Fsp3) is 0.385. The average molecular weight is 325 g/mol. The van der Waals surface area contributed by atoms with Crippen molar-refractivity contribution in [2.45, 2.75) is 18.9 Å². The first kappa shape index (κ1) is 12.5. The predicted octanol–water partition coefficient (Wildman–Crippen LogP) is 2.00. The number of nitrogens with one attached hydrogen (secondary N) is 1. The lowest BCUT2D eigenvalue weighted by molar-refractivity contribution is -0.132. The van der Waals surface area contributed by atoms with Crippen molar-refractivity contribution in [1.82, 2.24) is 10.2 Å². The molecule has 5 nitrogen and oxygen atoms in total. The Labute approximate surface area is 119 Å². The summed E-state index contributed by atoms with van der Waals surface area (Å²) in [5.74, 6) is 0.418. The number of hydrogen-bond donors (Lipinski definition) is 1. The van der Waals surface area contributed by atoms with E-state index in [1.807, 2.05) is 25.1 Å². The van der Waals surface area contributed by atoms with Crippen LogP contribution in [0.1, 0.15) is 18.9 Å². The molecule has 0 radical (unpaired) electrons. The summed E-state index contributed by atoms with van der Waals surface area (Å²) >= 11 is 3.36. The molecule has 0 saturated carbocycles. The molecule has 0 aromatic heterocycles. The normalized spacial score (nSPS) is 24.6. The van der Waals surface area contributed by atoms with Gasteiger partial charge in [0.25, 0.3) is 5.91 Å². The quantitative estimate of drug-likeness (QED) is 0.846. The minimum Gasteiger partial charge on any atom is -0.490 e. The Morgan fingerprint density at radius 1 is 1.47 bits per heavy atom. The van der Waals surface area contributed by atoms with Crippen molar-refractivity contribution in [2.75, 3.05) is 13.2 Å².